The second-order valence-electron chi connectivity index (χ2n) is 4.74. The molecule has 0 aliphatic carbocycles. The van der Waals surface area contributed by atoms with Crippen LogP contribution in [0.4, 0.5) is 5.95 Å². The summed E-state index contributed by atoms with van der Waals surface area (Å²) < 4.78 is 2.15. The van der Waals surface area contributed by atoms with Crippen LogP contribution in [0.15, 0.2) is 30.5 Å². The number of aromatic nitrogens is 2. The van der Waals surface area contributed by atoms with E-state index >= 15 is 0 Å². The highest BCUT2D eigenvalue weighted by Gasteiger charge is 2.15. The first-order valence-corrected chi connectivity index (χ1v) is 7.05. The van der Waals surface area contributed by atoms with E-state index in [4.69, 9.17) is 11.6 Å². The summed E-state index contributed by atoms with van der Waals surface area (Å²) in [4.78, 5) is 4.53. The van der Waals surface area contributed by atoms with E-state index in [0.717, 1.165) is 35.2 Å². The Hall–Kier alpha value is -1.48. The van der Waals surface area contributed by atoms with Crippen LogP contribution in [0.1, 0.15) is 37.6 Å². The van der Waals surface area contributed by atoms with E-state index in [1.54, 1.807) is 0 Å². The lowest BCUT2D eigenvalue weighted by molar-refractivity contribution is 0.642. The van der Waals surface area contributed by atoms with Gasteiger partial charge in [0.25, 0.3) is 0 Å². The van der Waals surface area contributed by atoms with Gasteiger partial charge in [0.05, 0.1) is 11.7 Å². The zero-order valence-electron chi connectivity index (χ0n) is 11.7. The normalized spacial score (nSPS) is 12.4. The lowest BCUT2D eigenvalue weighted by atomic mass is 10.1. The summed E-state index contributed by atoms with van der Waals surface area (Å²) in [6.45, 7) is 7.21. The average Bonchev–Trinajstić information content (AvgIpc) is 2.77. The highest BCUT2D eigenvalue weighted by Crippen LogP contribution is 2.28. The summed E-state index contributed by atoms with van der Waals surface area (Å²) in [6, 6.07) is 8.12. The SMILES string of the molecule is CCCNc1nc(C)cn1C(C)c1ccccc1Cl. The highest BCUT2D eigenvalue weighted by atomic mass is 35.5. The molecule has 3 nitrogen and oxygen atoms in total. The molecule has 0 aliphatic heterocycles. The van der Waals surface area contributed by atoms with Gasteiger partial charge in [-0.3, -0.25) is 0 Å². The molecular weight excluding hydrogens is 258 g/mol. The number of nitrogens with one attached hydrogen (secondary N) is 1. The maximum atomic E-state index is 6.28. The number of imidazole rings is 1. The minimum Gasteiger partial charge on any atom is -0.356 e. The number of rotatable bonds is 5. The summed E-state index contributed by atoms with van der Waals surface area (Å²) in [5, 5.41) is 4.16. The van der Waals surface area contributed by atoms with Crippen molar-refractivity contribution in [2.75, 3.05) is 11.9 Å². The van der Waals surface area contributed by atoms with E-state index in [2.05, 4.69) is 41.0 Å². The number of hydrogen-bond donors (Lipinski definition) is 1. The third-order valence-electron chi connectivity index (χ3n) is 3.16. The van der Waals surface area contributed by atoms with E-state index in [1.165, 1.54) is 0 Å². The lowest BCUT2D eigenvalue weighted by Gasteiger charge is -2.18. The summed E-state index contributed by atoms with van der Waals surface area (Å²) in [6.07, 6.45) is 3.14. The summed E-state index contributed by atoms with van der Waals surface area (Å²) >= 11 is 6.28. The van der Waals surface area contributed by atoms with Gasteiger partial charge in [-0.25, -0.2) is 4.98 Å². The maximum absolute atomic E-state index is 6.28. The first-order chi connectivity index (χ1) is 9.13. The quantitative estimate of drug-likeness (QED) is 0.884. The molecule has 1 N–H and O–H groups in total. The van der Waals surface area contributed by atoms with Gasteiger partial charge in [-0.1, -0.05) is 36.7 Å². The van der Waals surface area contributed by atoms with E-state index < -0.39 is 0 Å². The number of halogens is 1. The lowest BCUT2D eigenvalue weighted by Crippen LogP contribution is -2.12. The minimum atomic E-state index is 0.161. The molecule has 1 aromatic carbocycles. The third-order valence-corrected chi connectivity index (χ3v) is 3.50. The monoisotopic (exact) mass is 277 g/mol. The number of nitrogens with zero attached hydrogens (tertiary/aromatic N) is 2. The van der Waals surface area contributed by atoms with Crippen LogP contribution in [0, 0.1) is 6.92 Å². The molecule has 0 amide bonds. The van der Waals surface area contributed by atoms with Gasteiger partial charge in [0, 0.05) is 17.8 Å². The summed E-state index contributed by atoms with van der Waals surface area (Å²) in [5.74, 6) is 0.909. The third kappa shape index (κ3) is 3.10. The molecule has 0 saturated heterocycles. The highest BCUT2D eigenvalue weighted by molar-refractivity contribution is 6.31. The molecule has 1 aromatic heterocycles. The Labute approximate surface area is 119 Å². The van der Waals surface area contributed by atoms with Gasteiger partial charge in [-0.15, -0.1) is 0 Å². The molecule has 0 spiro atoms. The van der Waals surface area contributed by atoms with Crippen molar-refractivity contribution in [1.29, 1.82) is 0 Å². The molecule has 102 valence electrons. The predicted molar refractivity (Wildman–Crippen MR) is 81.0 cm³/mol. The van der Waals surface area contributed by atoms with Crippen molar-refractivity contribution in [2.45, 2.75) is 33.2 Å². The van der Waals surface area contributed by atoms with E-state index in [0.29, 0.717) is 0 Å². The standard InChI is InChI=1S/C15H20ClN3/c1-4-9-17-15-18-11(2)10-19(15)12(3)13-7-5-6-8-14(13)16/h5-8,10,12H,4,9H2,1-3H3,(H,17,18). The zero-order chi connectivity index (χ0) is 13.8. The Morgan fingerprint density at radius 3 is 2.79 bits per heavy atom. The van der Waals surface area contributed by atoms with Crippen LogP contribution in [0.5, 0.6) is 0 Å². The van der Waals surface area contributed by atoms with Gasteiger partial charge in [0.15, 0.2) is 0 Å². The van der Waals surface area contributed by atoms with Gasteiger partial charge in [-0.2, -0.15) is 0 Å². The second-order valence-corrected chi connectivity index (χ2v) is 5.14. The molecule has 19 heavy (non-hydrogen) atoms. The maximum Gasteiger partial charge on any atom is 0.203 e. The first kappa shape index (κ1) is 13.9. The zero-order valence-corrected chi connectivity index (χ0v) is 12.4. The van der Waals surface area contributed by atoms with Gasteiger partial charge < -0.3 is 9.88 Å². The van der Waals surface area contributed by atoms with Crippen molar-refractivity contribution in [3.63, 3.8) is 0 Å². The molecule has 2 rings (SSSR count). The Bertz CT molecular complexity index is 548. The second kappa shape index (κ2) is 6.11. The van der Waals surface area contributed by atoms with Crippen LogP contribution in [-0.2, 0) is 0 Å². The van der Waals surface area contributed by atoms with Crippen LogP contribution in [-0.4, -0.2) is 16.1 Å². The van der Waals surface area contributed by atoms with Crippen molar-refractivity contribution in [3.8, 4) is 0 Å². The summed E-state index contributed by atoms with van der Waals surface area (Å²) in [5.41, 5.74) is 2.12. The van der Waals surface area contributed by atoms with Crippen LogP contribution >= 0.6 is 11.6 Å². The topological polar surface area (TPSA) is 29.9 Å². The van der Waals surface area contributed by atoms with Crippen molar-refractivity contribution in [1.82, 2.24) is 9.55 Å². The smallest absolute Gasteiger partial charge is 0.203 e. The minimum absolute atomic E-state index is 0.161. The first-order valence-electron chi connectivity index (χ1n) is 6.67. The molecular formula is C15H20ClN3. The Balaban J connectivity index is 2.33. The van der Waals surface area contributed by atoms with E-state index in [9.17, 15) is 0 Å². The fraction of sp³-hybridized carbons (Fsp3) is 0.400. The van der Waals surface area contributed by atoms with Crippen LogP contribution in [0.3, 0.4) is 0 Å². The van der Waals surface area contributed by atoms with Crippen LogP contribution in [0.25, 0.3) is 0 Å². The fourth-order valence-corrected chi connectivity index (χ4v) is 2.44. The molecule has 0 saturated carbocycles. The van der Waals surface area contributed by atoms with Crippen molar-refractivity contribution >= 4 is 17.5 Å². The van der Waals surface area contributed by atoms with E-state index in [-0.39, 0.29) is 6.04 Å². The molecule has 1 atom stereocenters. The average molecular weight is 278 g/mol. The molecule has 1 unspecified atom stereocenters. The molecule has 0 bridgehead atoms. The van der Waals surface area contributed by atoms with Gasteiger partial charge >= 0.3 is 0 Å². The Morgan fingerprint density at radius 2 is 2.11 bits per heavy atom. The van der Waals surface area contributed by atoms with Gasteiger partial charge in [-0.05, 0) is 31.9 Å². The van der Waals surface area contributed by atoms with Crippen molar-refractivity contribution in [2.24, 2.45) is 0 Å². The number of aryl methyl sites for hydroxylation is 1. The largest absolute Gasteiger partial charge is 0.356 e. The molecule has 0 radical (unpaired) electrons. The number of hydrogen-bond acceptors (Lipinski definition) is 2. The van der Waals surface area contributed by atoms with Crippen molar-refractivity contribution in [3.05, 3.63) is 46.7 Å². The van der Waals surface area contributed by atoms with Crippen LogP contribution < -0.4 is 5.32 Å². The predicted octanol–water partition coefficient (Wildman–Crippen LogP) is 4.28. The molecule has 0 aliphatic rings. The molecule has 2 aromatic rings. The van der Waals surface area contributed by atoms with E-state index in [1.807, 2.05) is 25.1 Å². The molecule has 0 fully saturated rings. The van der Waals surface area contributed by atoms with Crippen molar-refractivity contribution < 1.29 is 0 Å². The number of benzene rings is 1. The summed E-state index contributed by atoms with van der Waals surface area (Å²) in [7, 11) is 0. The Kier molecular flexibility index (Phi) is 4.48. The fourth-order valence-electron chi connectivity index (χ4n) is 2.14. The number of anilines is 1. The van der Waals surface area contributed by atoms with Crippen LogP contribution in [0.2, 0.25) is 5.02 Å². The Morgan fingerprint density at radius 1 is 1.37 bits per heavy atom. The van der Waals surface area contributed by atoms with Gasteiger partial charge in [0.1, 0.15) is 0 Å². The van der Waals surface area contributed by atoms with Gasteiger partial charge in [0.2, 0.25) is 5.95 Å². The molecule has 1 heterocycles. The molecule has 4 heteroatoms.